The summed E-state index contributed by atoms with van der Waals surface area (Å²) >= 11 is 0. The van der Waals surface area contributed by atoms with Gasteiger partial charge in [0.2, 0.25) is 5.91 Å². The van der Waals surface area contributed by atoms with Gasteiger partial charge in [-0.15, -0.1) is 0 Å². The molecule has 2 fully saturated rings. The van der Waals surface area contributed by atoms with Crippen molar-refractivity contribution in [2.45, 2.75) is 31.9 Å². The van der Waals surface area contributed by atoms with Gasteiger partial charge in [-0.25, -0.2) is 0 Å². The summed E-state index contributed by atoms with van der Waals surface area (Å²) in [6.45, 7) is 4.60. The monoisotopic (exact) mass is 300 g/mol. The number of aliphatic carboxylic acids is 1. The fourth-order valence-electron chi connectivity index (χ4n) is 2.92. The first kappa shape index (κ1) is 16.2. The van der Waals surface area contributed by atoms with Crippen LogP contribution in [0, 0.1) is 5.92 Å². The fourth-order valence-corrected chi connectivity index (χ4v) is 2.92. The van der Waals surface area contributed by atoms with Crippen molar-refractivity contribution in [2.24, 2.45) is 5.92 Å². The second-order valence-corrected chi connectivity index (χ2v) is 5.49. The first-order valence-corrected chi connectivity index (χ1v) is 7.55. The summed E-state index contributed by atoms with van der Waals surface area (Å²) in [6.07, 6.45) is 1.93. The van der Waals surface area contributed by atoms with Gasteiger partial charge in [0, 0.05) is 6.54 Å². The van der Waals surface area contributed by atoms with E-state index in [2.05, 4.69) is 5.32 Å². The molecule has 2 aliphatic heterocycles. The predicted molar refractivity (Wildman–Crippen MR) is 75.0 cm³/mol. The Morgan fingerprint density at radius 2 is 2.05 bits per heavy atom. The van der Waals surface area contributed by atoms with Gasteiger partial charge >= 0.3 is 5.97 Å². The number of carbonyl (C=O) groups is 2. The molecule has 120 valence electrons. The van der Waals surface area contributed by atoms with Crippen LogP contribution >= 0.6 is 0 Å². The molecule has 21 heavy (non-hydrogen) atoms. The molecule has 2 saturated heterocycles. The van der Waals surface area contributed by atoms with Crippen LogP contribution in [0.3, 0.4) is 0 Å². The van der Waals surface area contributed by atoms with Gasteiger partial charge in [0.05, 0.1) is 25.4 Å². The maximum Gasteiger partial charge on any atom is 0.311 e. The second-order valence-electron chi connectivity index (χ2n) is 5.49. The van der Waals surface area contributed by atoms with E-state index >= 15 is 0 Å². The number of carbonyl (C=O) groups excluding carboxylic acids is 1. The van der Waals surface area contributed by atoms with Crippen molar-refractivity contribution in [3.8, 4) is 0 Å². The van der Waals surface area contributed by atoms with Crippen LogP contribution in [0.4, 0.5) is 0 Å². The third-order valence-corrected chi connectivity index (χ3v) is 4.16. The normalized spacial score (nSPS) is 26.7. The summed E-state index contributed by atoms with van der Waals surface area (Å²) in [4.78, 5) is 25.1. The van der Waals surface area contributed by atoms with E-state index in [9.17, 15) is 14.7 Å². The van der Waals surface area contributed by atoms with E-state index in [-0.39, 0.29) is 31.8 Å². The molecule has 0 aromatic rings. The summed E-state index contributed by atoms with van der Waals surface area (Å²) in [5.41, 5.74) is 0. The molecule has 2 heterocycles. The molecular formula is C14H24N2O5. The van der Waals surface area contributed by atoms with Gasteiger partial charge in [0.1, 0.15) is 12.5 Å². The Balaban J connectivity index is 1.87. The lowest BCUT2D eigenvalue weighted by atomic mass is 10.0. The third-order valence-electron chi connectivity index (χ3n) is 4.16. The largest absolute Gasteiger partial charge is 0.481 e. The molecule has 0 radical (unpaired) electrons. The van der Waals surface area contributed by atoms with Crippen LogP contribution in [0.2, 0.25) is 0 Å². The zero-order valence-electron chi connectivity index (χ0n) is 12.4. The first-order valence-electron chi connectivity index (χ1n) is 7.55. The summed E-state index contributed by atoms with van der Waals surface area (Å²) < 4.78 is 10.9. The molecule has 2 aliphatic rings. The summed E-state index contributed by atoms with van der Waals surface area (Å²) in [5, 5.41) is 12.4. The zero-order valence-corrected chi connectivity index (χ0v) is 12.4. The lowest BCUT2D eigenvalue weighted by Crippen LogP contribution is -2.48. The highest BCUT2D eigenvalue weighted by Crippen LogP contribution is 2.20. The van der Waals surface area contributed by atoms with Gasteiger partial charge in [0.15, 0.2) is 0 Å². The van der Waals surface area contributed by atoms with Gasteiger partial charge in [-0.3, -0.25) is 9.59 Å². The molecular weight excluding hydrogens is 276 g/mol. The van der Waals surface area contributed by atoms with E-state index in [0.29, 0.717) is 6.54 Å². The van der Waals surface area contributed by atoms with E-state index < -0.39 is 17.9 Å². The number of nitrogens with zero attached hydrogens (tertiary/aromatic N) is 1. The number of nitrogens with one attached hydrogen (secondary N) is 1. The fraction of sp³-hybridized carbons (Fsp3) is 0.857. The highest BCUT2D eigenvalue weighted by atomic mass is 16.5. The van der Waals surface area contributed by atoms with Crippen LogP contribution < -0.4 is 5.32 Å². The number of piperidine rings is 1. The Bertz CT molecular complexity index is 370. The number of rotatable bonds is 6. The van der Waals surface area contributed by atoms with Crippen LogP contribution in [-0.4, -0.2) is 73.5 Å². The van der Waals surface area contributed by atoms with E-state index in [1.165, 1.54) is 0 Å². The molecule has 0 bridgehead atoms. The van der Waals surface area contributed by atoms with Crippen molar-refractivity contribution in [2.75, 3.05) is 39.5 Å². The lowest BCUT2D eigenvalue weighted by molar-refractivity contribution is -0.147. The molecule has 2 atom stereocenters. The van der Waals surface area contributed by atoms with Crippen LogP contribution in [-0.2, 0) is 19.1 Å². The second kappa shape index (κ2) is 7.72. The molecule has 0 aromatic carbocycles. The first-order chi connectivity index (χ1) is 10.1. The Labute approximate surface area is 124 Å². The molecule has 2 rings (SSSR count). The van der Waals surface area contributed by atoms with Crippen LogP contribution in [0.25, 0.3) is 0 Å². The molecule has 0 spiro atoms. The minimum atomic E-state index is -0.914. The molecule has 2 unspecified atom stereocenters. The smallest absolute Gasteiger partial charge is 0.311 e. The van der Waals surface area contributed by atoms with Gasteiger partial charge in [0.25, 0.3) is 0 Å². The number of amides is 1. The minimum absolute atomic E-state index is 0.0152. The number of carboxylic acids is 1. The van der Waals surface area contributed by atoms with Crippen molar-refractivity contribution < 1.29 is 24.2 Å². The lowest BCUT2D eigenvalue weighted by Gasteiger charge is -2.30. The number of likely N-dealkylation sites (N-methyl/N-ethyl adjacent to an activating group) is 1. The van der Waals surface area contributed by atoms with Crippen molar-refractivity contribution >= 4 is 11.9 Å². The molecule has 7 nitrogen and oxygen atoms in total. The van der Waals surface area contributed by atoms with Crippen molar-refractivity contribution in [3.63, 3.8) is 0 Å². The van der Waals surface area contributed by atoms with Gasteiger partial charge in [-0.05, 0) is 32.9 Å². The zero-order chi connectivity index (χ0) is 15.2. The quantitative estimate of drug-likeness (QED) is 0.700. The van der Waals surface area contributed by atoms with E-state index in [1.54, 1.807) is 4.90 Å². The summed E-state index contributed by atoms with van der Waals surface area (Å²) in [5.74, 6) is -1.71. The highest BCUT2D eigenvalue weighted by molar-refractivity contribution is 5.79. The Morgan fingerprint density at radius 3 is 2.67 bits per heavy atom. The van der Waals surface area contributed by atoms with E-state index in [0.717, 1.165) is 25.9 Å². The topological polar surface area (TPSA) is 88.1 Å². The highest BCUT2D eigenvalue weighted by Gasteiger charge is 2.39. The standard InChI is InChI=1S/C14H24N2O5/c1-2-16(12-8-20-7-11(12)14(18)19)13(17)9-21-10-3-5-15-6-4-10/h10-12,15H,2-9H2,1H3,(H,18,19). The van der Waals surface area contributed by atoms with E-state index in [1.807, 2.05) is 6.92 Å². The number of hydrogen-bond donors (Lipinski definition) is 2. The Hall–Kier alpha value is -1.18. The average Bonchev–Trinajstić information content (AvgIpc) is 2.96. The molecule has 0 aromatic heterocycles. The number of ether oxygens (including phenoxy) is 2. The molecule has 0 saturated carbocycles. The number of carboxylic acid groups (broad SMARTS) is 1. The van der Waals surface area contributed by atoms with Crippen molar-refractivity contribution in [1.82, 2.24) is 10.2 Å². The Morgan fingerprint density at radius 1 is 1.33 bits per heavy atom. The van der Waals surface area contributed by atoms with Crippen molar-refractivity contribution in [1.29, 1.82) is 0 Å². The van der Waals surface area contributed by atoms with Crippen LogP contribution in [0.15, 0.2) is 0 Å². The van der Waals surface area contributed by atoms with Gasteiger partial charge in [-0.1, -0.05) is 0 Å². The molecule has 0 aliphatic carbocycles. The maximum absolute atomic E-state index is 12.3. The molecule has 1 amide bonds. The molecule has 7 heteroatoms. The SMILES string of the molecule is CCN(C(=O)COC1CCNCC1)C1COCC1C(=O)O. The van der Waals surface area contributed by atoms with Crippen LogP contribution in [0.1, 0.15) is 19.8 Å². The van der Waals surface area contributed by atoms with Gasteiger partial charge in [-0.2, -0.15) is 0 Å². The third kappa shape index (κ3) is 4.15. The van der Waals surface area contributed by atoms with Crippen LogP contribution in [0.5, 0.6) is 0 Å². The van der Waals surface area contributed by atoms with Crippen molar-refractivity contribution in [3.05, 3.63) is 0 Å². The summed E-state index contributed by atoms with van der Waals surface area (Å²) in [7, 11) is 0. The summed E-state index contributed by atoms with van der Waals surface area (Å²) in [6, 6.07) is -0.392. The Kier molecular flexibility index (Phi) is 5.96. The predicted octanol–water partition coefficient (Wildman–Crippen LogP) is -0.297. The maximum atomic E-state index is 12.3. The van der Waals surface area contributed by atoms with E-state index in [4.69, 9.17) is 9.47 Å². The average molecular weight is 300 g/mol. The van der Waals surface area contributed by atoms with Gasteiger partial charge < -0.3 is 24.8 Å². The minimum Gasteiger partial charge on any atom is -0.481 e. The molecule has 2 N–H and O–H groups in total. The number of hydrogen-bond acceptors (Lipinski definition) is 5.